The second-order valence-electron chi connectivity index (χ2n) is 6.42. The van der Waals surface area contributed by atoms with Crippen molar-refractivity contribution in [2.75, 3.05) is 26.7 Å². The number of piperidine rings is 1. The lowest BCUT2D eigenvalue weighted by Crippen LogP contribution is -2.46. The average Bonchev–Trinajstić information content (AvgIpc) is 2.45. The number of carbonyl (C=O) groups is 1. The first-order valence-electron chi connectivity index (χ1n) is 8.20. The van der Waals surface area contributed by atoms with Gasteiger partial charge in [0.15, 0.2) is 0 Å². The summed E-state index contributed by atoms with van der Waals surface area (Å²) in [6.45, 7) is 9.66. The van der Waals surface area contributed by atoms with Crippen molar-refractivity contribution in [1.82, 2.24) is 9.80 Å². The summed E-state index contributed by atoms with van der Waals surface area (Å²) in [5.41, 5.74) is 5.76. The molecular weight excluding hydrogens is 250 g/mol. The number of likely N-dealkylation sites (tertiary alicyclic amines) is 1. The first-order chi connectivity index (χ1) is 9.45. The van der Waals surface area contributed by atoms with Gasteiger partial charge in [-0.25, -0.2) is 0 Å². The Labute approximate surface area is 124 Å². The molecule has 0 aromatic rings. The molecule has 0 bridgehead atoms. The third-order valence-corrected chi connectivity index (χ3v) is 4.62. The van der Waals surface area contributed by atoms with E-state index in [1.54, 1.807) is 0 Å². The third kappa shape index (κ3) is 5.41. The van der Waals surface area contributed by atoms with Crippen LogP contribution in [0, 0.1) is 5.92 Å². The number of carbonyl (C=O) groups excluding carboxylic acids is 1. The van der Waals surface area contributed by atoms with Crippen molar-refractivity contribution >= 4 is 5.91 Å². The van der Waals surface area contributed by atoms with E-state index < -0.39 is 0 Å². The van der Waals surface area contributed by atoms with Gasteiger partial charge in [-0.1, -0.05) is 20.3 Å². The van der Waals surface area contributed by atoms with Gasteiger partial charge >= 0.3 is 0 Å². The van der Waals surface area contributed by atoms with E-state index in [-0.39, 0.29) is 12.0 Å². The molecule has 1 rings (SSSR count). The topological polar surface area (TPSA) is 49.6 Å². The Morgan fingerprint density at radius 1 is 1.30 bits per heavy atom. The molecule has 4 heteroatoms. The number of nitrogens with two attached hydrogens (primary N) is 1. The van der Waals surface area contributed by atoms with Crippen LogP contribution >= 0.6 is 0 Å². The van der Waals surface area contributed by atoms with Gasteiger partial charge < -0.3 is 15.5 Å². The molecule has 0 aromatic carbocycles. The normalized spacial score (nSPS) is 20.6. The lowest BCUT2D eigenvalue weighted by atomic mass is 9.98. The minimum Gasteiger partial charge on any atom is -0.342 e. The van der Waals surface area contributed by atoms with Gasteiger partial charge in [0, 0.05) is 38.1 Å². The van der Waals surface area contributed by atoms with E-state index in [0.29, 0.717) is 11.9 Å². The van der Waals surface area contributed by atoms with Gasteiger partial charge in [0.05, 0.1) is 0 Å². The Kier molecular flexibility index (Phi) is 7.52. The molecule has 118 valence electrons. The molecule has 0 saturated carbocycles. The monoisotopic (exact) mass is 283 g/mol. The molecule has 0 radical (unpaired) electrons. The number of hydrogen-bond donors (Lipinski definition) is 1. The maximum absolute atomic E-state index is 12.5. The highest BCUT2D eigenvalue weighted by Crippen LogP contribution is 2.19. The van der Waals surface area contributed by atoms with Crippen molar-refractivity contribution in [3.63, 3.8) is 0 Å². The predicted molar refractivity (Wildman–Crippen MR) is 84.6 cm³/mol. The highest BCUT2D eigenvalue weighted by molar-refractivity contribution is 5.78. The maximum Gasteiger partial charge on any atom is 0.225 e. The van der Waals surface area contributed by atoms with Gasteiger partial charge in [-0.3, -0.25) is 4.79 Å². The van der Waals surface area contributed by atoms with E-state index in [9.17, 15) is 4.79 Å². The van der Waals surface area contributed by atoms with Crippen LogP contribution in [0.3, 0.4) is 0 Å². The van der Waals surface area contributed by atoms with Crippen LogP contribution in [0.5, 0.6) is 0 Å². The number of hydrogen-bond acceptors (Lipinski definition) is 3. The zero-order valence-corrected chi connectivity index (χ0v) is 13.8. The van der Waals surface area contributed by atoms with Gasteiger partial charge in [0.2, 0.25) is 5.91 Å². The van der Waals surface area contributed by atoms with Gasteiger partial charge in [0.25, 0.3) is 0 Å². The Morgan fingerprint density at radius 2 is 1.90 bits per heavy atom. The summed E-state index contributed by atoms with van der Waals surface area (Å²) in [6, 6.07) is 0.676. The first-order valence-corrected chi connectivity index (χ1v) is 8.20. The minimum absolute atomic E-state index is 0.128. The second-order valence-corrected chi connectivity index (χ2v) is 6.42. The molecule has 0 aliphatic carbocycles. The molecule has 1 fully saturated rings. The fourth-order valence-electron chi connectivity index (χ4n) is 3.02. The molecule has 2 unspecified atom stereocenters. The molecular formula is C16H33N3O. The summed E-state index contributed by atoms with van der Waals surface area (Å²) in [4.78, 5) is 16.9. The molecule has 2 N–H and O–H groups in total. The maximum atomic E-state index is 12.5. The molecule has 20 heavy (non-hydrogen) atoms. The summed E-state index contributed by atoms with van der Waals surface area (Å²) in [6.07, 6.45) is 5.24. The van der Waals surface area contributed by atoms with Crippen LogP contribution in [0.2, 0.25) is 0 Å². The number of amides is 1. The van der Waals surface area contributed by atoms with E-state index >= 15 is 0 Å². The van der Waals surface area contributed by atoms with Gasteiger partial charge in [-0.15, -0.1) is 0 Å². The molecule has 1 heterocycles. The average molecular weight is 283 g/mol. The summed E-state index contributed by atoms with van der Waals surface area (Å²) in [5, 5.41) is 0. The van der Waals surface area contributed by atoms with Crippen molar-refractivity contribution < 1.29 is 4.79 Å². The summed E-state index contributed by atoms with van der Waals surface area (Å²) in [5.74, 6) is 0.438. The highest BCUT2D eigenvalue weighted by Gasteiger charge is 2.27. The van der Waals surface area contributed by atoms with Crippen LogP contribution in [0.15, 0.2) is 0 Å². The summed E-state index contributed by atoms with van der Waals surface area (Å²) < 4.78 is 0. The van der Waals surface area contributed by atoms with E-state index in [1.807, 2.05) is 18.9 Å². The molecule has 1 amide bonds. The van der Waals surface area contributed by atoms with Crippen molar-refractivity contribution in [2.45, 2.75) is 65.0 Å². The van der Waals surface area contributed by atoms with Crippen LogP contribution in [0.1, 0.15) is 52.9 Å². The van der Waals surface area contributed by atoms with Crippen LogP contribution in [-0.2, 0) is 4.79 Å². The second kappa shape index (κ2) is 8.63. The Bertz CT molecular complexity index is 285. The van der Waals surface area contributed by atoms with Crippen molar-refractivity contribution in [3.8, 4) is 0 Å². The zero-order chi connectivity index (χ0) is 15.1. The SMILES string of the molecule is CCN1CCC(N(C)C(=O)C(C)CCCC(C)N)CC1. The van der Waals surface area contributed by atoms with Gasteiger partial charge in [-0.05, 0) is 39.2 Å². The van der Waals surface area contributed by atoms with Gasteiger partial charge in [-0.2, -0.15) is 0 Å². The third-order valence-electron chi connectivity index (χ3n) is 4.62. The van der Waals surface area contributed by atoms with Crippen molar-refractivity contribution in [3.05, 3.63) is 0 Å². The molecule has 4 nitrogen and oxygen atoms in total. The van der Waals surface area contributed by atoms with Crippen LogP contribution < -0.4 is 5.73 Å². The largest absolute Gasteiger partial charge is 0.342 e. The predicted octanol–water partition coefficient (Wildman–Crippen LogP) is 2.08. The molecule has 1 saturated heterocycles. The lowest BCUT2D eigenvalue weighted by Gasteiger charge is -2.37. The summed E-state index contributed by atoms with van der Waals surface area (Å²) in [7, 11) is 1.98. The highest BCUT2D eigenvalue weighted by atomic mass is 16.2. The smallest absolute Gasteiger partial charge is 0.225 e. The lowest BCUT2D eigenvalue weighted by molar-refractivity contribution is -0.136. The fourth-order valence-corrected chi connectivity index (χ4v) is 3.02. The Balaban J connectivity index is 2.34. The van der Waals surface area contributed by atoms with Crippen molar-refractivity contribution in [2.24, 2.45) is 11.7 Å². The standard InChI is InChI=1S/C16H33N3O/c1-5-19-11-9-15(10-12-19)18(4)16(20)13(2)7-6-8-14(3)17/h13-15H,5-12,17H2,1-4H3. The van der Waals surface area contributed by atoms with E-state index in [1.165, 1.54) is 0 Å². The fraction of sp³-hybridized carbons (Fsp3) is 0.938. The zero-order valence-electron chi connectivity index (χ0n) is 13.8. The van der Waals surface area contributed by atoms with Crippen LogP contribution in [0.25, 0.3) is 0 Å². The Morgan fingerprint density at radius 3 is 2.40 bits per heavy atom. The molecule has 0 aromatic heterocycles. The number of nitrogens with zero attached hydrogens (tertiary/aromatic N) is 2. The minimum atomic E-state index is 0.128. The molecule has 1 aliphatic rings. The van der Waals surface area contributed by atoms with Crippen LogP contribution in [0.4, 0.5) is 0 Å². The molecule has 1 aliphatic heterocycles. The van der Waals surface area contributed by atoms with Crippen LogP contribution in [-0.4, -0.2) is 54.5 Å². The van der Waals surface area contributed by atoms with E-state index in [4.69, 9.17) is 5.73 Å². The van der Waals surface area contributed by atoms with Gasteiger partial charge in [0.1, 0.15) is 0 Å². The van der Waals surface area contributed by atoms with E-state index in [0.717, 1.165) is 51.7 Å². The Hall–Kier alpha value is -0.610. The first kappa shape index (κ1) is 17.4. The van der Waals surface area contributed by atoms with Crippen molar-refractivity contribution in [1.29, 1.82) is 0 Å². The molecule has 0 spiro atoms. The quantitative estimate of drug-likeness (QED) is 0.778. The number of rotatable bonds is 7. The molecule has 2 atom stereocenters. The summed E-state index contributed by atoms with van der Waals surface area (Å²) >= 11 is 0. The van der Waals surface area contributed by atoms with E-state index in [2.05, 4.69) is 18.7 Å².